The summed E-state index contributed by atoms with van der Waals surface area (Å²) in [6.45, 7) is 5.73. The first-order chi connectivity index (χ1) is 22.4. The molecular weight excluding hydrogens is 638 g/mol. The molecule has 1 aromatic carbocycles. The summed E-state index contributed by atoms with van der Waals surface area (Å²) in [5.41, 5.74) is 0.264. The van der Waals surface area contributed by atoms with Gasteiger partial charge >= 0.3 is 23.5 Å². The lowest BCUT2D eigenvalue weighted by Gasteiger charge is -2.27. The maximum absolute atomic E-state index is 13.3. The van der Waals surface area contributed by atoms with Crippen molar-refractivity contribution in [3.63, 3.8) is 0 Å². The average Bonchev–Trinajstić information content (AvgIpc) is 2.95. The standard InChI is InChI=1S/C30H37N5O13/c1-13(2)26(35-27(44)18(7-8-22(37)38)33-29(46)19(11-23(39)40)31-15(4)36)30(47)34-20(12-24(41)42)28(45)32-16-5-6-17-14(3)9-25(43)48-21(17)10-16/h5-6,9-10,13,18-20,26H,7-8,11-12H2,1-4H3,(H,31,36)(H,32,45)(H,33,46)(H,34,47)(H,35,44)(H,37,38)(H,39,40)(H,41,42)/t18?,19-,20?,26?/m0/s1. The van der Waals surface area contributed by atoms with Crippen LogP contribution in [0.1, 0.15) is 52.0 Å². The number of aliphatic carboxylic acids is 3. The maximum atomic E-state index is 13.3. The normalized spacial score (nSPS) is 13.4. The van der Waals surface area contributed by atoms with Crippen molar-refractivity contribution in [2.45, 2.75) is 77.5 Å². The minimum absolute atomic E-state index is 0.122. The predicted molar refractivity (Wildman–Crippen MR) is 165 cm³/mol. The highest BCUT2D eigenvalue weighted by molar-refractivity contribution is 6.01. The molecule has 0 radical (unpaired) electrons. The molecule has 0 spiro atoms. The van der Waals surface area contributed by atoms with Crippen LogP contribution in [-0.2, 0) is 38.4 Å². The van der Waals surface area contributed by atoms with Gasteiger partial charge in [-0.3, -0.25) is 38.4 Å². The summed E-state index contributed by atoms with van der Waals surface area (Å²) >= 11 is 0. The number of anilines is 1. The number of benzene rings is 1. The number of carboxylic acids is 3. The van der Waals surface area contributed by atoms with Crippen LogP contribution in [0.25, 0.3) is 11.0 Å². The number of amides is 5. The number of nitrogens with one attached hydrogen (secondary N) is 5. The van der Waals surface area contributed by atoms with E-state index in [0.717, 1.165) is 6.92 Å². The first-order valence-corrected chi connectivity index (χ1v) is 14.6. The van der Waals surface area contributed by atoms with E-state index in [1.54, 1.807) is 13.0 Å². The van der Waals surface area contributed by atoms with Crippen molar-refractivity contribution in [1.29, 1.82) is 0 Å². The topological polar surface area (TPSA) is 288 Å². The highest BCUT2D eigenvalue weighted by Crippen LogP contribution is 2.21. The van der Waals surface area contributed by atoms with E-state index in [4.69, 9.17) is 14.6 Å². The molecule has 1 aromatic heterocycles. The van der Waals surface area contributed by atoms with Crippen LogP contribution < -0.4 is 32.2 Å². The second-order valence-electron chi connectivity index (χ2n) is 11.2. The highest BCUT2D eigenvalue weighted by Gasteiger charge is 2.34. The zero-order chi connectivity index (χ0) is 36.3. The Labute approximate surface area is 272 Å². The van der Waals surface area contributed by atoms with E-state index in [1.165, 1.54) is 32.0 Å². The van der Waals surface area contributed by atoms with Crippen LogP contribution in [0, 0.1) is 12.8 Å². The molecule has 0 aliphatic rings. The number of fused-ring (bicyclic) bond motifs is 1. The molecule has 3 unspecified atom stereocenters. The van der Waals surface area contributed by atoms with Gasteiger partial charge in [0, 0.05) is 36.6 Å². The summed E-state index contributed by atoms with van der Waals surface area (Å²) in [4.78, 5) is 110. The van der Waals surface area contributed by atoms with E-state index < -0.39 is 109 Å². The van der Waals surface area contributed by atoms with E-state index in [1.807, 2.05) is 0 Å². The third kappa shape index (κ3) is 11.8. The first kappa shape index (κ1) is 38.4. The Balaban J connectivity index is 2.27. The van der Waals surface area contributed by atoms with Gasteiger partial charge in [-0.15, -0.1) is 0 Å². The maximum Gasteiger partial charge on any atom is 0.336 e. The lowest BCUT2D eigenvalue weighted by molar-refractivity contribution is -0.142. The zero-order valence-corrected chi connectivity index (χ0v) is 26.4. The van der Waals surface area contributed by atoms with Crippen molar-refractivity contribution in [3.05, 3.63) is 40.2 Å². The molecule has 0 saturated heterocycles. The number of rotatable bonds is 17. The van der Waals surface area contributed by atoms with Gasteiger partial charge in [-0.1, -0.05) is 13.8 Å². The SMILES string of the molecule is CC(=O)N[C@@H](CC(=O)O)C(=O)NC(CCC(=O)O)C(=O)NC(C(=O)NC(CC(=O)O)C(=O)Nc1ccc2c(C)cc(=O)oc2c1)C(C)C. The fraction of sp³-hybridized carbons (Fsp3) is 0.433. The Hall–Kier alpha value is -5.81. The Morgan fingerprint density at radius 1 is 0.729 bits per heavy atom. The van der Waals surface area contributed by atoms with E-state index in [2.05, 4.69) is 26.6 Å². The number of carbonyl (C=O) groups is 8. The summed E-state index contributed by atoms with van der Waals surface area (Å²) in [5.74, 6) is -9.79. The Kier molecular flexibility index (Phi) is 13.8. The smallest absolute Gasteiger partial charge is 0.336 e. The van der Waals surface area contributed by atoms with Crippen molar-refractivity contribution >= 4 is 64.1 Å². The van der Waals surface area contributed by atoms with Crippen LogP contribution in [0.4, 0.5) is 5.69 Å². The molecule has 48 heavy (non-hydrogen) atoms. The van der Waals surface area contributed by atoms with Gasteiger partial charge in [0.05, 0.1) is 12.8 Å². The molecule has 5 amide bonds. The van der Waals surface area contributed by atoms with Gasteiger partial charge in [-0.2, -0.15) is 0 Å². The van der Waals surface area contributed by atoms with Gasteiger partial charge in [-0.25, -0.2) is 4.79 Å². The zero-order valence-electron chi connectivity index (χ0n) is 26.4. The molecule has 2 rings (SSSR count). The highest BCUT2D eigenvalue weighted by atomic mass is 16.4. The van der Waals surface area contributed by atoms with Crippen molar-refractivity contribution in [1.82, 2.24) is 21.3 Å². The molecule has 8 N–H and O–H groups in total. The third-order valence-electron chi connectivity index (χ3n) is 6.83. The van der Waals surface area contributed by atoms with Crippen LogP contribution in [-0.4, -0.2) is 86.9 Å². The second kappa shape index (κ2) is 17.2. The van der Waals surface area contributed by atoms with Crippen LogP contribution in [0.5, 0.6) is 0 Å². The van der Waals surface area contributed by atoms with Crippen molar-refractivity contribution in [2.75, 3.05) is 5.32 Å². The molecule has 0 bridgehead atoms. The minimum atomic E-state index is -1.66. The summed E-state index contributed by atoms with van der Waals surface area (Å²) in [5, 5.41) is 39.7. The number of hydrogen-bond donors (Lipinski definition) is 8. The first-order valence-electron chi connectivity index (χ1n) is 14.6. The van der Waals surface area contributed by atoms with Crippen molar-refractivity contribution in [3.8, 4) is 0 Å². The third-order valence-corrected chi connectivity index (χ3v) is 6.83. The molecular formula is C30H37N5O13. The molecule has 260 valence electrons. The summed E-state index contributed by atoms with van der Waals surface area (Å²) in [6, 6.07) is -0.645. The number of hydrogen-bond acceptors (Lipinski definition) is 10. The van der Waals surface area contributed by atoms with Gasteiger partial charge in [-0.05, 0) is 37.0 Å². The molecule has 4 atom stereocenters. The Morgan fingerprint density at radius 2 is 1.29 bits per heavy atom. The van der Waals surface area contributed by atoms with Crippen molar-refractivity contribution < 1.29 is 58.1 Å². The Bertz CT molecular complexity index is 1640. The number of carbonyl (C=O) groups excluding carboxylic acids is 5. The van der Waals surface area contributed by atoms with Gasteiger partial charge in [0.2, 0.25) is 29.5 Å². The molecule has 0 fully saturated rings. The number of carboxylic acid groups (broad SMARTS) is 3. The monoisotopic (exact) mass is 675 g/mol. The van der Waals surface area contributed by atoms with Gasteiger partial charge in [0.1, 0.15) is 29.8 Å². The lowest BCUT2D eigenvalue weighted by Crippen LogP contribution is -2.59. The summed E-state index contributed by atoms with van der Waals surface area (Å²) in [7, 11) is 0. The van der Waals surface area contributed by atoms with Gasteiger partial charge in [0.25, 0.3) is 0 Å². The van der Waals surface area contributed by atoms with E-state index in [9.17, 15) is 48.3 Å². The van der Waals surface area contributed by atoms with Crippen molar-refractivity contribution in [2.24, 2.45) is 5.92 Å². The second-order valence-corrected chi connectivity index (χ2v) is 11.2. The molecule has 18 heteroatoms. The Morgan fingerprint density at radius 3 is 1.83 bits per heavy atom. The van der Waals surface area contributed by atoms with E-state index in [0.29, 0.717) is 10.9 Å². The minimum Gasteiger partial charge on any atom is -0.481 e. The van der Waals surface area contributed by atoms with E-state index >= 15 is 0 Å². The summed E-state index contributed by atoms with van der Waals surface area (Å²) in [6.07, 6.45) is -2.84. The molecule has 0 saturated carbocycles. The molecule has 0 aliphatic carbocycles. The lowest BCUT2D eigenvalue weighted by atomic mass is 10.0. The van der Waals surface area contributed by atoms with Crippen LogP contribution in [0.2, 0.25) is 0 Å². The van der Waals surface area contributed by atoms with Gasteiger partial charge in [0.15, 0.2) is 0 Å². The van der Waals surface area contributed by atoms with Crippen LogP contribution in [0.3, 0.4) is 0 Å². The quantitative estimate of drug-likeness (QED) is 0.0980. The molecule has 1 heterocycles. The molecule has 18 nitrogen and oxygen atoms in total. The largest absolute Gasteiger partial charge is 0.481 e. The molecule has 2 aromatic rings. The van der Waals surface area contributed by atoms with E-state index in [-0.39, 0.29) is 11.3 Å². The summed E-state index contributed by atoms with van der Waals surface area (Å²) < 4.78 is 5.16. The fourth-order valence-electron chi connectivity index (χ4n) is 4.50. The fourth-order valence-corrected chi connectivity index (χ4v) is 4.50. The molecule has 0 aliphatic heterocycles. The predicted octanol–water partition coefficient (Wildman–Crippen LogP) is -0.531. The van der Waals surface area contributed by atoms with Crippen LogP contribution >= 0.6 is 0 Å². The van der Waals surface area contributed by atoms with Gasteiger partial charge < -0.3 is 46.3 Å². The van der Waals surface area contributed by atoms with Crippen LogP contribution in [0.15, 0.2) is 33.5 Å². The number of aryl methyl sites for hydroxylation is 1. The average molecular weight is 676 g/mol.